The molecule has 23 heavy (non-hydrogen) atoms. The summed E-state index contributed by atoms with van der Waals surface area (Å²) in [7, 11) is 0. The van der Waals surface area contributed by atoms with E-state index in [1.807, 2.05) is 6.07 Å². The molecule has 0 aromatic heterocycles. The number of nitrogens with zero attached hydrogens (tertiary/aromatic N) is 2. The highest BCUT2D eigenvalue weighted by Gasteiger charge is 2.26. The first-order valence-corrected chi connectivity index (χ1v) is 7.91. The van der Waals surface area contributed by atoms with Crippen molar-refractivity contribution in [1.82, 2.24) is 4.90 Å². The second kappa shape index (κ2) is 7.65. The Morgan fingerprint density at radius 2 is 2.22 bits per heavy atom. The number of ether oxygens (including phenoxy) is 1. The van der Waals surface area contributed by atoms with Crippen LogP contribution in [0.4, 0.5) is 10.5 Å². The molecule has 1 fully saturated rings. The predicted octanol–water partition coefficient (Wildman–Crippen LogP) is 1.60. The SMILES string of the molecule is C[C@@H](OC(=O)CN1CCSC1=O)C(=O)Nc1ccccc1C#N. The summed E-state index contributed by atoms with van der Waals surface area (Å²) in [5.41, 5.74) is 0.674. The average Bonchev–Trinajstić information content (AvgIpc) is 2.92. The zero-order valence-corrected chi connectivity index (χ0v) is 13.3. The Bertz CT molecular complexity index is 671. The molecule has 1 aliphatic heterocycles. The third-order valence-corrected chi connectivity index (χ3v) is 4.04. The van der Waals surface area contributed by atoms with Crippen molar-refractivity contribution < 1.29 is 19.1 Å². The molecule has 7 nitrogen and oxygen atoms in total. The molecule has 0 unspecified atom stereocenters. The van der Waals surface area contributed by atoms with Gasteiger partial charge in [0.05, 0.1) is 11.3 Å². The fourth-order valence-corrected chi connectivity index (χ4v) is 2.76. The van der Waals surface area contributed by atoms with E-state index < -0.39 is 18.0 Å². The molecule has 1 aromatic rings. The first-order chi connectivity index (χ1) is 11.0. The van der Waals surface area contributed by atoms with E-state index in [2.05, 4.69) is 5.32 Å². The van der Waals surface area contributed by atoms with Crippen LogP contribution in [0.1, 0.15) is 12.5 Å². The summed E-state index contributed by atoms with van der Waals surface area (Å²) in [4.78, 5) is 36.6. The van der Waals surface area contributed by atoms with Crippen molar-refractivity contribution in [2.24, 2.45) is 0 Å². The van der Waals surface area contributed by atoms with Crippen molar-refractivity contribution >= 4 is 34.6 Å². The van der Waals surface area contributed by atoms with Crippen molar-refractivity contribution in [2.45, 2.75) is 13.0 Å². The lowest BCUT2D eigenvalue weighted by Gasteiger charge is -2.17. The van der Waals surface area contributed by atoms with Crippen LogP contribution in [0.5, 0.6) is 0 Å². The maximum Gasteiger partial charge on any atom is 0.326 e. The first kappa shape index (κ1) is 16.8. The second-order valence-electron chi connectivity index (χ2n) is 4.81. The van der Waals surface area contributed by atoms with E-state index in [9.17, 15) is 14.4 Å². The van der Waals surface area contributed by atoms with Crippen LogP contribution in [-0.4, -0.2) is 47.0 Å². The summed E-state index contributed by atoms with van der Waals surface area (Å²) >= 11 is 1.15. The summed E-state index contributed by atoms with van der Waals surface area (Å²) in [6.07, 6.45) is -1.03. The Morgan fingerprint density at radius 1 is 1.48 bits per heavy atom. The van der Waals surface area contributed by atoms with Gasteiger partial charge in [-0.2, -0.15) is 5.26 Å². The lowest BCUT2D eigenvalue weighted by Crippen LogP contribution is -2.36. The predicted molar refractivity (Wildman–Crippen MR) is 84.8 cm³/mol. The van der Waals surface area contributed by atoms with Crippen LogP contribution in [0.3, 0.4) is 0 Å². The number of rotatable bonds is 5. The number of benzene rings is 1. The number of amides is 2. The number of carbonyl (C=O) groups excluding carboxylic acids is 3. The number of carbonyl (C=O) groups is 3. The molecule has 2 amide bonds. The molecule has 0 bridgehead atoms. The number of hydrogen-bond acceptors (Lipinski definition) is 6. The normalized spacial score (nSPS) is 15.0. The summed E-state index contributed by atoms with van der Waals surface area (Å²) < 4.78 is 5.03. The van der Waals surface area contributed by atoms with Gasteiger partial charge in [0.15, 0.2) is 6.10 Å². The van der Waals surface area contributed by atoms with Crippen LogP contribution < -0.4 is 5.32 Å². The molecule has 1 aliphatic rings. The maximum atomic E-state index is 12.0. The molecule has 1 saturated heterocycles. The van der Waals surface area contributed by atoms with Crippen molar-refractivity contribution in [3.8, 4) is 6.07 Å². The first-order valence-electron chi connectivity index (χ1n) is 6.92. The van der Waals surface area contributed by atoms with Gasteiger partial charge in [-0.25, -0.2) is 0 Å². The Labute approximate surface area is 137 Å². The minimum atomic E-state index is -1.03. The summed E-state index contributed by atoms with van der Waals surface area (Å²) in [6.45, 7) is 1.76. The number of thioether (sulfide) groups is 1. The average molecular weight is 333 g/mol. The van der Waals surface area contributed by atoms with Gasteiger partial charge in [-0.3, -0.25) is 14.4 Å². The Balaban J connectivity index is 1.88. The minimum absolute atomic E-state index is 0.165. The molecule has 0 spiro atoms. The second-order valence-corrected chi connectivity index (χ2v) is 5.86. The highest BCUT2D eigenvalue weighted by molar-refractivity contribution is 8.13. The molecular weight excluding hydrogens is 318 g/mol. The molecule has 0 radical (unpaired) electrons. The zero-order chi connectivity index (χ0) is 16.8. The number of nitriles is 1. The monoisotopic (exact) mass is 333 g/mol. The topological polar surface area (TPSA) is 99.5 Å². The molecule has 1 atom stereocenters. The van der Waals surface area contributed by atoms with Crippen molar-refractivity contribution in [3.63, 3.8) is 0 Å². The molecule has 120 valence electrons. The minimum Gasteiger partial charge on any atom is -0.451 e. The highest BCUT2D eigenvalue weighted by Crippen LogP contribution is 2.17. The zero-order valence-electron chi connectivity index (χ0n) is 12.4. The van der Waals surface area contributed by atoms with Gasteiger partial charge < -0.3 is 15.0 Å². The van der Waals surface area contributed by atoms with Gasteiger partial charge in [0.25, 0.3) is 11.1 Å². The highest BCUT2D eigenvalue weighted by atomic mass is 32.2. The van der Waals surface area contributed by atoms with Crippen molar-refractivity contribution in [3.05, 3.63) is 29.8 Å². The molecule has 0 aliphatic carbocycles. The summed E-state index contributed by atoms with van der Waals surface area (Å²) in [6, 6.07) is 8.49. The maximum absolute atomic E-state index is 12.0. The van der Waals surface area contributed by atoms with Gasteiger partial charge in [0.1, 0.15) is 12.6 Å². The lowest BCUT2D eigenvalue weighted by atomic mass is 10.2. The molecule has 2 rings (SSSR count). The van der Waals surface area contributed by atoms with Crippen molar-refractivity contribution in [1.29, 1.82) is 5.26 Å². The molecule has 1 heterocycles. The van der Waals surface area contributed by atoms with E-state index in [-0.39, 0.29) is 11.8 Å². The van der Waals surface area contributed by atoms with Gasteiger partial charge >= 0.3 is 5.97 Å². The third kappa shape index (κ3) is 4.47. The molecule has 0 saturated carbocycles. The van der Waals surface area contributed by atoms with Crippen LogP contribution in [-0.2, 0) is 14.3 Å². The smallest absolute Gasteiger partial charge is 0.326 e. The third-order valence-electron chi connectivity index (χ3n) is 3.15. The van der Waals surface area contributed by atoms with E-state index in [1.54, 1.807) is 24.3 Å². The van der Waals surface area contributed by atoms with Crippen LogP contribution in [0.15, 0.2) is 24.3 Å². The number of anilines is 1. The van der Waals surface area contributed by atoms with Crippen LogP contribution in [0, 0.1) is 11.3 Å². The Morgan fingerprint density at radius 3 is 2.87 bits per heavy atom. The number of nitrogens with one attached hydrogen (secondary N) is 1. The van der Waals surface area contributed by atoms with Gasteiger partial charge in [-0.05, 0) is 19.1 Å². The standard InChI is InChI=1S/C15H15N3O4S/c1-10(22-13(19)9-18-6-7-23-15(18)21)14(20)17-12-5-3-2-4-11(12)8-16/h2-5,10H,6-7,9H2,1H3,(H,17,20)/t10-/m1/s1. The van der Waals surface area contributed by atoms with E-state index in [1.165, 1.54) is 11.8 Å². The Kier molecular flexibility index (Phi) is 5.60. The lowest BCUT2D eigenvalue weighted by molar-refractivity contribution is -0.153. The van der Waals surface area contributed by atoms with E-state index in [0.29, 0.717) is 23.5 Å². The van der Waals surface area contributed by atoms with Crippen LogP contribution in [0.2, 0.25) is 0 Å². The van der Waals surface area contributed by atoms with Crippen LogP contribution >= 0.6 is 11.8 Å². The molecule has 1 N–H and O–H groups in total. The quantitative estimate of drug-likeness (QED) is 0.822. The van der Waals surface area contributed by atoms with Gasteiger partial charge in [0.2, 0.25) is 0 Å². The fraction of sp³-hybridized carbons (Fsp3) is 0.333. The van der Waals surface area contributed by atoms with Gasteiger partial charge in [0, 0.05) is 12.3 Å². The summed E-state index contributed by atoms with van der Waals surface area (Å²) in [5, 5.41) is 11.4. The van der Waals surface area contributed by atoms with E-state index >= 15 is 0 Å². The number of esters is 1. The van der Waals surface area contributed by atoms with E-state index in [4.69, 9.17) is 10.00 Å². The van der Waals surface area contributed by atoms with Crippen LogP contribution in [0.25, 0.3) is 0 Å². The van der Waals surface area contributed by atoms with Crippen molar-refractivity contribution in [2.75, 3.05) is 24.2 Å². The molecular formula is C15H15N3O4S. The summed E-state index contributed by atoms with van der Waals surface area (Å²) in [5.74, 6) is -0.534. The molecule has 1 aromatic carbocycles. The van der Waals surface area contributed by atoms with Gasteiger partial charge in [-0.1, -0.05) is 23.9 Å². The molecule has 8 heteroatoms. The van der Waals surface area contributed by atoms with Gasteiger partial charge in [-0.15, -0.1) is 0 Å². The largest absolute Gasteiger partial charge is 0.451 e. The Hall–Kier alpha value is -2.53. The number of para-hydroxylation sites is 1. The van der Waals surface area contributed by atoms with E-state index in [0.717, 1.165) is 11.8 Å². The number of hydrogen-bond donors (Lipinski definition) is 1. The fourth-order valence-electron chi connectivity index (χ4n) is 1.94.